The largest absolute Gasteiger partial charge is 0.457 e. The molecule has 0 aliphatic rings. The summed E-state index contributed by atoms with van der Waals surface area (Å²) in [6.07, 6.45) is 0. The first-order valence-corrected chi connectivity index (χ1v) is 8.11. The average Bonchev–Trinajstić information content (AvgIpc) is 2.61. The number of hydrogen-bond acceptors (Lipinski definition) is 4. The Balaban J connectivity index is 1.60. The molecular weight excluding hydrogens is 357 g/mol. The van der Waals surface area contributed by atoms with E-state index in [1.807, 2.05) is 12.1 Å². The number of rotatable bonds is 5. The third-order valence-electron chi connectivity index (χ3n) is 3.54. The Morgan fingerprint density at radius 3 is 2.58 bits per heavy atom. The van der Waals surface area contributed by atoms with Crippen LogP contribution in [0.2, 0.25) is 5.02 Å². The molecule has 0 aliphatic carbocycles. The van der Waals surface area contributed by atoms with E-state index >= 15 is 0 Å². The summed E-state index contributed by atoms with van der Waals surface area (Å²) in [6, 6.07) is 16.7. The lowest BCUT2D eigenvalue weighted by atomic mass is 10.2. The minimum Gasteiger partial charge on any atom is -0.457 e. The molecule has 7 heteroatoms. The number of carbonyl (C=O) groups excluding carboxylic acids is 1. The van der Waals surface area contributed by atoms with Crippen molar-refractivity contribution in [3.8, 4) is 11.5 Å². The van der Waals surface area contributed by atoms with Crippen molar-refractivity contribution in [2.45, 2.75) is 6.54 Å². The van der Waals surface area contributed by atoms with Crippen molar-refractivity contribution in [1.29, 1.82) is 0 Å². The summed E-state index contributed by atoms with van der Waals surface area (Å²) in [4.78, 5) is 15.5. The Hall–Kier alpha value is -3.12. The predicted molar refractivity (Wildman–Crippen MR) is 97.7 cm³/mol. The third kappa shape index (κ3) is 4.49. The third-order valence-corrected chi connectivity index (χ3v) is 3.78. The van der Waals surface area contributed by atoms with Gasteiger partial charge in [0.1, 0.15) is 17.3 Å². The van der Waals surface area contributed by atoms with Crippen molar-refractivity contribution in [3.63, 3.8) is 0 Å². The van der Waals surface area contributed by atoms with Gasteiger partial charge in [0.25, 0.3) is 5.91 Å². The zero-order valence-corrected chi connectivity index (χ0v) is 14.3. The summed E-state index contributed by atoms with van der Waals surface area (Å²) in [5, 5.41) is 3.31. The maximum absolute atomic E-state index is 12.9. The highest BCUT2D eigenvalue weighted by Crippen LogP contribution is 2.24. The van der Waals surface area contributed by atoms with Crippen molar-refractivity contribution in [2.24, 2.45) is 0 Å². The molecule has 3 rings (SSSR count). The van der Waals surface area contributed by atoms with Crippen LogP contribution >= 0.6 is 11.6 Å². The number of nitrogens with one attached hydrogen (secondary N) is 1. The van der Waals surface area contributed by atoms with Gasteiger partial charge in [0.05, 0.1) is 5.56 Å². The van der Waals surface area contributed by atoms with Gasteiger partial charge in [-0.2, -0.15) is 4.39 Å². The number of carbonyl (C=O) groups is 1. The van der Waals surface area contributed by atoms with E-state index in [9.17, 15) is 9.18 Å². The molecule has 0 unspecified atom stereocenters. The van der Waals surface area contributed by atoms with Crippen LogP contribution in [0.3, 0.4) is 0 Å². The number of halogens is 2. The summed E-state index contributed by atoms with van der Waals surface area (Å²) in [7, 11) is 0. The zero-order valence-electron chi connectivity index (χ0n) is 13.6. The summed E-state index contributed by atoms with van der Waals surface area (Å²) in [5.74, 6) is -0.0106. The number of amides is 1. The van der Waals surface area contributed by atoms with E-state index in [1.54, 1.807) is 36.4 Å². The number of nitrogens with two attached hydrogens (primary N) is 1. The molecule has 0 atom stereocenters. The van der Waals surface area contributed by atoms with Crippen LogP contribution in [-0.2, 0) is 6.54 Å². The first-order chi connectivity index (χ1) is 12.5. The fourth-order valence-electron chi connectivity index (χ4n) is 2.26. The lowest BCUT2D eigenvalue weighted by Crippen LogP contribution is -2.24. The summed E-state index contributed by atoms with van der Waals surface area (Å²) >= 11 is 5.92. The lowest BCUT2D eigenvalue weighted by molar-refractivity contribution is 0.0951. The average molecular weight is 372 g/mol. The van der Waals surface area contributed by atoms with Crippen LogP contribution in [0.15, 0.2) is 60.7 Å². The van der Waals surface area contributed by atoms with E-state index in [0.29, 0.717) is 16.5 Å². The van der Waals surface area contributed by atoms with Gasteiger partial charge in [-0.15, -0.1) is 0 Å². The molecule has 1 aromatic heterocycles. The van der Waals surface area contributed by atoms with Gasteiger partial charge in [0.15, 0.2) is 0 Å². The van der Waals surface area contributed by atoms with E-state index in [0.717, 1.165) is 11.6 Å². The Morgan fingerprint density at radius 1 is 1.12 bits per heavy atom. The fraction of sp³-hybridized carbons (Fsp3) is 0.0526. The normalized spacial score (nSPS) is 10.4. The Kier molecular flexibility index (Phi) is 5.34. The van der Waals surface area contributed by atoms with E-state index in [-0.39, 0.29) is 17.9 Å². The molecular formula is C19H15ClFN3O2. The Labute approximate surface area is 154 Å². The van der Waals surface area contributed by atoms with E-state index in [4.69, 9.17) is 22.1 Å². The molecule has 5 nitrogen and oxygen atoms in total. The molecule has 2 aromatic carbocycles. The minimum absolute atomic E-state index is 0.132. The van der Waals surface area contributed by atoms with E-state index in [2.05, 4.69) is 10.3 Å². The summed E-state index contributed by atoms with van der Waals surface area (Å²) in [6.45, 7) is 0.285. The maximum Gasteiger partial charge on any atom is 0.255 e. The molecule has 3 N–H and O–H groups in total. The highest BCUT2D eigenvalue weighted by molar-refractivity contribution is 6.30. The van der Waals surface area contributed by atoms with Gasteiger partial charge in [0, 0.05) is 11.6 Å². The summed E-state index contributed by atoms with van der Waals surface area (Å²) in [5.41, 5.74) is 6.56. The molecule has 132 valence electrons. The van der Waals surface area contributed by atoms with Gasteiger partial charge < -0.3 is 15.8 Å². The lowest BCUT2D eigenvalue weighted by Gasteiger charge is -2.09. The van der Waals surface area contributed by atoms with Gasteiger partial charge in [-0.25, -0.2) is 4.98 Å². The molecule has 0 radical (unpaired) electrons. The zero-order chi connectivity index (χ0) is 18.5. The fourth-order valence-corrected chi connectivity index (χ4v) is 2.44. The number of benzene rings is 2. The van der Waals surface area contributed by atoms with Crippen molar-refractivity contribution >= 4 is 23.3 Å². The second kappa shape index (κ2) is 7.84. The second-order valence-electron chi connectivity index (χ2n) is 5.45. The van der Waals surface area contributed by atoms with Crippen LogP contribution in [0.5, 0.6) is 11.5 Å². The first-order valence-electron chi connectivity index (χ1n) is 7.74. The number of nitrogens with zero attached hydrogens (tertiary/aromatic N) is 1. The van der Waals surface area contributed by atoms with Gasteiger partial charge in [0.2, 0.25) is 5.95 Å². The van der Waals surface area contributed by atoms with Gasteiger partial charge in [-0.3, -0.25) is 4.79 Å². The summed E-state index contributed by atoms with van der Waals surface area (Å²) < 4.78 is 18.6. The molecule has 0 saturated carbocycles. The quantitative estimate of drug-likeness (QED) is 0.659. The highest BCUT2D eigenvalue weighted by Gasteiger charge is 2.11. The van der Waals surface area contributed by atoms with Gasteiger partial charge in [-0.1, -0.05) is 29.8 Å². The number of hydrogen-bond donors (Lipinski definition) is 2. The molecule has 1 amide bonds. The van der Waals surface area contributed by atoms with Crippen molar-refractivity contribution in [1.82, 2.24) is 10.3 Å². The molecule has 0 saturated heterocycles. The highest BCUT2D eigenvalue weighted by atomic mass is 35.5. The van der Waals surface area contributed by atoms with Crippen LogP contribution in [0.1, 0.15) is 15.9 Å². The van der Waals surface area contributed by atoms with Crippen LogP contribution in [0.25, 0.3) is 0 Å². The standard InChI is InChI=1S/C19H15ClFN3O2/c20-13-2-1-3-15(10-13)26-14-6-4-12(5-7-14)11-23-19(25)16-8-9-17(21)24-18(16)22/h1-10H,11H2,(H2,22,24)(H,23,25). The van der Waals surface area contributed by atoms with Gasteiger partial charge in [-0.05, 0) is 48.0 Å². The Morgan fingerprint density at radius 2 is 1.88 bits per heavy atom. The van der Waals surface area contributed by atoms with Crippen LogP contribution in [0, 0.1) is 5.95 Å². The minimum atomic E-state index is -0.727. The van der Waals surface area contributed by atoms with Crippen molar-refractivity contribution in [2.75, 3.05) is 5.73 Å². The van der Waals surface area contributed by atoms with E-state index < -0.39 is 11.9 Å². The first kappa shape index (κ1) is 17.7. The van der Waals surface area contributed by atoms with Crippen molar-refractivity contribution < 1.29 is 13.9 Å². The van der Waals surface area contributed by atoms with Crippen molar-refractivity contribution in [3.05, 3.63) is 82.8 Å². The number of ether oxygens (including phenoxy) is 1. The topological polar surface area (TPSA) is 77.2 Å². The Bertz CT molecular complexity index is 932. The molecule has 0 spiro atoms. The molecule has 3 aromatic rings. The second-order valence-corrected chi connectivity index (χ2v) is 5.89. The molecule has 1 heterocycles. The van der Waals surface area contributed by atoms with E-state index in [1.165, 1.54) is 6.07 Å². The monoisotopic (exact) mass is 371 g/mol. The number of anilines is 1. The van der Waals surface area contributed by atoms with Gasteiger partial charge >= 0.3 is 0 Å². The molecule has 0 fully saturated rings. The van der Waals surface area contributed by atoms with Crippen LogP contribution in [-0.4, -0.2) is 10.9 Å². The number of aromatic nitrogens is 1. The molecule has 0 bridgehead atoms. The molecule has 0 aliphatic heterocycles. The van der Waals surface area contributed by atoms with Crippen LogP contribution in [0.4, 0.5) is 10.2 Å². The van der Waals surface area contributed by atoms with Crippen LogP contribution < -0.4 is 15.8 Å². The number of nitrogen functional groups attached to an aromatic ring is 1. The molecule has 26 heavy (non-hydrogen) atoms. The predicted octanol–water partition coefficient (Wildman–Crippen LogP) is 4.18. The SMILES string of the molecule is Nc1nc(F)ccc1C(=O)NCc1ccc(Oc2cccc(Cl)c2)cc1. The smallest absolute Gasteiger partial charge is 0.255 e. The maximum atomic E-state index is 12.9. The number of pyridine rings is 1.